The molecule has 1 aliphatic carbocycles. The van der Waals surface area contributed by atoms with E-state index in [1.165, 1.54) is 18.4 Å². The first-order chi connectivity index (χ1) is 7.83. The van der Waals surface area contributed by atoms with E-state index in [4.69, 9.17) is 10.5 Å². The van der Waals surface area contributed by atoms with Gasteiger partial charge in [0.1, 0.15) is 5.75 Å². The van der Waals surface area contributed by atoms with Crippen LogP contribution in [-0.4, -0.2) is 12.3 Å². The van der Waals surface area contributed by atoms with E-state index < -0.39 is 0 Å². The molecule has 0 amide bonds. The van der Waals surface area contributed by atoms with Gasteiger partial charge in [0, 0.05) is 6.21 Å². The molecular formula is C13H16N2O. The summed E-state index contributed by atoms with van der Waals surface area (Å²) < 4.78 is 5.95. The minimum absolute atomic E-state index is 0.364. The fraction of sp³-hybridized carbons (Fsp3) is 0.462. The molecule has 1 saturated carbocycles. The largest absolute Gasteiger partial charge is 0.488 e. The Morgan fingerprint density at radius 1 is 1.25 bits per heavy atom. The SMILES string of the molecule is Nc1cc2c(cc1OC1CCCC1)CN=C2. The highest BCUT2D eigenvalue weighted by molar-refractivity contribution is 5.86. The molecule has 3 heteroatoms. The number of aliphatic imine (C=N–C) groups is 1. The highest BCUT2D eigenvalue weighted by Gasteiger charge is 2.19. The van der Waals surface area contributed by atoms with Crippen molar-refractivity contribution in [2.75, 3.05) is 5.73 Å². The van der Waals surface area contributed by atoms with Gasteiger partial charge in [0.2, 0.25) is 0 Å². The predicted octanol–water partition coefficient (Wildman–Crippen LogP) is 2.52. The fourth-order valence-electron chi connectivity index (χ4n) is 2.44. The molecule has 0 spiro atoms. The van der Waals surface area contributed by atoms with Gasteiger partial charge in [-0.15, -0.1) is 0 Å². The van der Waals surface area contributed by atoms with Gasteiger partial charge in [-0.25, -0.2) is 0 Å². The number of fused-ring (bicyclic) bond motifs is 1. The third kappa shape index (κ3) is 1.66. The normalized spacial score (nSPS) is 19.0. The zero-order valence-corrected chi connectivity index (χ0v) is 9.28. The molecule has 0 radical (unpaired) electrons. The zero-order valence-electron chi connectivity index (χ0n) is 9.28. The number of nitrogens with zero attached hydrogens (tertiary/aromatic N) is 1. The number of benzene rings is 1. The Morgan fingerprint density at radius 2 is 2.06 bits per heavy atom. The first-order valence-electron chi connectivity index (χ1n) is 5.92. The van der Waals surface area contributed by atoms with E-state index in [0.717, 1.165) is 36.4 Å². The quantitative estimate of drug-likeness (QED) is 0.772. The van der Waals surface area contributed by atoms with Gasteiger partial charge in [-0.1, -0.05) is 0 Å². The topological polar surface area (TPSA) is 47.6 Å². The Balaban J connectivity index is 1.84. The minimum atomic E-state index is 0.364. The van der Waals surface area contributed by atoms with Crippen molar-refractivity contribution in [2.24, 2.45) is 4.99 Å². The lowest BCUT2D eigenvalue weighted by Crippen LogP contribution is -2.12. The summed E-state index contributed by atoms with van der Waals surface area (Å²) in [4.78, 5) is 4.23. The molecule has 16 heavy (non-hydrogen) atoms. The monoisotopic (exact) mass is 216 g/mol. The van der Waals surface area contributed by atoms with Gasteiger partial charge in [-0.3, -0.25) is 4.99 Å². The molecule has 2 N–H and O–H groups in total. The van der Waals surface area contributed by atoms with Gasteiger partial charge in [-0.05, 0) is 48.9 Å². The third-order valence-corrected chi connectivity index (χ3v) is 3.36. The number of nitrogen functional groups attached to an aromatic ring is 1. The molecule has 0 atom stereocenters. The van der Waals surface area contributed by atoms with Gasteiger partial charge in [0.15, 0.2) is 0 Å². The molecule has 1 aromatic rings. The third-order valence-electron chi connectivity index (χ3n) is 3.36. The number of hydrogen-bond acceptors (Lipinski definition) is 3. The van der Waals surface area contributed by atoms with Crippen molar-refractivity contribution in [3.63, 3.8) is 0 Å². The Morgan fingerprint density at radius 3 is 2.88 bits per heavy atom. The predicted molar refractivity (Wildman–Crippen MR) is 65.0 cm³/mol. The van der Waals surface area contributed by atoms with Crippen LogP contribution in [0.2, 0.25) is 0 Å². The molecule has 0 bridgehead atoms. The van der Waals surface area contributed by atoms with E-state index in [1.807, 2.05) is 12.3 Å². The maximum Gasteiger partial charge on any atom is 0.142 e. The van der Waals surface area contributed by atoms with Crippen LogP contribution in [-0.2, 0) is 6.54 Å². The molecule has 0 saturated heterocycles. The average Bonchev–Trinajstić information content (AvgIpc) is 2.89. The molecule has 2 aliphatic rings. The van der Waals surface area contributed by atoms with Gasteiger partial charge < -0.3 is 10.5 Å². The maximum absolute atomic E-state index is 5.99. The van der Waals surface area contributed by atoms with Crippen LogP contribution in [0.25, 0.3) is 0 Å². The van der Waals surface area contributed by atoms with Gasteiger partial charge in [0.05, 0.1) is 18.3 Å². The van der Waals surface area contributed by atoms with E-state index in [9.17, 15) is 0 Å². The van der Waals surface area contributed by atoms with Crippen LogP contribution in [0.3, 0.4) is 0 Å². The molecule has 3 nitrogen and oxygen atoms in total. The first-order valence-corrected chi connectivity index (χ1v) is 5.92. The van der Waals surface area contributed by atoms with E-state index >= 15 is 0 Å². The summed E-state index contributed by atoms with van der Waals surface area (Å²) >= 11 is 0. The van der Waals surface area contributed by atoms with Crippen molar-refractivity contribution < 1.29 is 4.74 Å². The summed E-state index contributed by atoms with van der Waals surface area (Å²) in [6.45, 7) is 0.761. The Bertz CT molecular complexity index is 434. The van der Waals surface area contributed by atoms with E-state index in [-0.39, 0.29) is 0 Å². The van der Waals surface area contributed by atoms with E-state index in [1.54, 1.807) is 0 Å². The molecule has 3 rings (SSSR count). The van der Waals surface area contributed by atoms with Gasteiger partial charge in [-0.2, -0.15) is 0 Å². The lowest BCUT2D eigenvalue weighted by molar-refractivity contribution is 0.211. The van der Waals surface area contributed by atoms with Crippen LogP contribution in [0.4, 0.5) is 5.69 Å². The summed E-state index contributed by atoms with van der Waals surface area (Å²) in [6, 6.07) is 4.02. The molecule has 1 heterocycles. The van der Waals surface area contributed by atoms with Crippen LogP contribution in [0, 0.1) is 0 Å². The smallest absolute Gasteiger partial charge is 0.142 e. The second-order valence-corrected chi connectivity index (χ2v) is 4.58. The Labute approximate surface area is 95.3 Å². The lowest BCUT2D eigenvalue weighted by atomic mass is 10.1. The molecule has 0 aromatic heterocycles. The van der Waals surface area contributed by atoms with Crippen LogP contribution in [0.1, 0.15) is 36.8 Å². The molecule has 1 fully saturated rings. The van der Waals surface area contributed by atoms with Crippen molar-refractivity contribution in [3.05, 3.63) is 23.3 Å². The van der Waals surface area contributed by atoms with Gasteiger partial charge >= 0.3 is 0 Å². The van der Waals surface area contributed by atoms with E-state index in [2.05, 4.69) is 11.1 Å². The van der Waals surface area contributed by atoms with Gasteiger partial charge in [0.25, 0.3) is 0 Å². The molecule has 1 aromatic carbocycles. The van der Waals surface area contributed by atoms with Crippen LogP contribution >= 0.6 is 0 Å². The second-order valence-electron chi connectivity index (χ2n) is 4.58. The lowest BCUT2D eigenvalue weighted by Gasteiger charge is -2.15. The molecule has 84 valence electrons. The summed E-state index contributed by atoms with van der Waals surface area (Å²) in [5.41, 5.74) is 9.08. The minimum Gasteiger partial charge on any atom is -0.488 e. The number of anilines is 1. The van der Waals surface area contributed by atoms with Crippen LogP contribution < -0.4 is 10.5 Å². The highest BCUT2D eigenvalue weighted by Crippen LogP contribution is 2.31. The standard InChI is InChI=1S/C13H16N2O/c14-12-5-9-7-15-8-10(9)6-13(12)16-11-3-1-2-4-11/h5-7,11H,1-4,8,14H2. The summed E-state index contributed by atoms with van der Waals surface area (Å²) in [6.07, 6.45) is 7.12. The number of ether oxygens (including phenoxy) is 1. The van der Waals surface area contributed by atoms with Crippen molar-refractivity contribution in [2.45, 2.75) is 38.3 Å². The molecular weight excluding hydrogens is 200 g/mol. The second kappa shape index (κ2) is 3.81. The highest BCUT2D eigenvalue weighted by atomic mass is 16.5. The summed E-state index contributed by atoms with van der Waals surface area (Å²) in [5, 5.41) is 0. The first kappa shape index (κ1) is 9.70. The number of rotatable bonds is 2. The zero-order chi connectivity index (χ0) is 11.0. The van der Waals surface area contributed by atoms with Crippen LogP contribution in [0.5, 0.6) is 5.75 Å². The Kier molecular flexibility index (Phi) is 2.31. The fourth-order valence-corrected chi connectivity index (χ4v) is 2.44. The average molecular weight is 216 g/mol. The van der Waals surface area contributed by atoms with Crippen molar-refractivity contribution in [1.82, 2.24) is 0 Å². The van der Waals surface area contributed by atoms with E-state index in [0.29, 0.717) is 6.10 Å². The number of nitrogens with two attached hydrogens (primary N) is 1. The summed E-state index contributed by atoms with van der Waals surface area (Å²) in [5.74, 6) is 0.844. The maximum atomic E-state index is 5.99. The molecule has 1 aliphatic heterocycles. The van der Waals surface area contributed by atoms with Crippen molar-refractivity contribution >= 4 is 11.9 Å². The summed E-state index contributed by atoms with van der Waals surface area (Å²) in [7, 11) is 0. The van der Waals surface area contributed by atoms with Crippen molar-refractivity contribution in [1.29, 1.82) is 0 Å². The Hall–Kier alpha value is -1.51. The molecule has 0 unspecified atom stereocenters. The van der Waals surface area contributed by atoms with Crippen molar-refractivity contribution in [3.8, 4) is 5.75 Å². The number of hydrogen-bond donors (Lipinski definition) is 1. The van der Waals surface area contributed by atoms with Crippen LogP contribution in [0.15, 0.2) is 17.1 Å².